The fourth-order valence-corrected chi connectivity index (χ4v) is 2.24. The lowest BCUT2D eigenvalue weighted by molar-refractivity contribution is 0.0932. The van der Waals surface area contributed by atoms with Gasteiger partial charge in [0.1, 0.15) is 24.5 Å². The highest BCUT2D eigenvalue weighted by Crippen LogP contribution is 2.13. The largest absolute Gasteiger partial charge is 0.489 e. The zero-order valence-corrected chi connectivity index (χ0v) is 14.1. The van der Waals surface area contributed by atoms with Gasteiger partial charge in [-0.1, -0.05) is 17.7 Å². The number of pyridine rings is 1. The molecule has 25 heavy (non-hydrogen) atoms. The third-order valence-corrected chi connectivity index (χ3v) is 3.57. The lowest BCUT2D eigenvalue weighted by Crippen LogP contribution is -2.33. The molecule has 1 aromatic carbocycles. The van der Waals surface area contributed by atoms with Crippen molar-refractivity contribution in [2.24, 2.45) is 0 Å². The summed E-state index contributed by atoms with van der Waals surface area (Å²) in [5.41, 5.74) is 1.68. The van der Waals surface area contributed by atoms with Gasteiger partial charge in [0.2, 0.25) is 0 Å². The van der Waals surface area contributed by atoms with Gasteiger partial charge < -0.3 is 10.1 Å². The number of nitrogens with zero attached hydrogens (tertiary/aromatic N) is 4. The molecule has 0 saturated carbocycles. The van der Waals surface area contributed by atoms with Crippen LogP contribution in [0.2, 0.25) is 0 Å². The van der Waals surface area contributed by atoms with Crippen LogP contribution in [0.4, 0.5) is 0 Å². The Morgan fingerprint density at radius 3 is 2.80 bits per heavy atom. The number of aromatic nitrogens is 4. The number of aryl methyl sites for hydroxylation is 1. The fraction of sp³-hybridized carbons (Fsp3) is 0.222. The van der Waals surface area contributed by atoms with Crippen LogP contribution in [0.5, 0.6) is 5.75 Å². The van der Waals surface area contributed by atoms with E-state index in [1.165, 1.54) is 22.9 Å². The summed E-state index contributed by atoms with van der Waals surface area (Å²) in [5.74, 6) is 1.13. The van der Waals surface area contributed by atoms with Gasteiger partial charge in [0.25, 0.3) is 5.91 Å². The highest BCUT2D eigenvalue weighted by molar-refractivity contribution is 5.94. The monoisotopic (exact) mass is 337 g/mol. The van der Waals surface area contributed by atoms with E-state index in [1.54, 1.807) is 18.3 Å². The standard InChI is InChI=1S/C18H19N5O2/c1-13-3-5-16(6-4-13)25-14(2)10-21-18(24)15-7-8-20-17(9-15)23-12-19-11-22-23/h3-9,11-12,14H,10H2,1-2H3,(H,21,24). The molecule has 7 heteroatoms. The number of benzene rings is 1. The predicted octanol–water partition coefficient (Wildman–Crippen LogP) is 2.17. The lowest BCUT2D eigenvalue weighted by Gasteiger charge is -2.15. The third-order valence-electron chi connectivity index (χ3n) is 3.57. The number of carbonyl (C=O) groups excluding carboxylic acids is 1. The van der Waals surface area contributed by atoms with Crippen LogP contribution in [-0.2, 0) is 0 Å². The maximum Gasteiger partial charge on any atom is 0.251 e. The average molecular weight is 337 g/mol. The third kappa shape index (κ3) is 4.41. The number of ether oxygens (including phenoxy) is 1. The average Bonchev–Trinajstić information content (AvgIpc) is 3.16. The van der Waals surface area contributed by atoms with Crippen molar-refractivity contribution in [1.29, 1.82) is 0 Å². The van der Waals surface area contributed by atoms with E-state index in [2.05, 4.69) is 20.4 Å². The van der Waals surface area contributed by atoms with E-state index in [4.69, 9.17) is 4.74 Å². The van der Waals surface area contributed by atoms with Gasteiger partial charge >= 0.3 is 0 Å². The summed E-state index contributed by atoms with van der Waals surface area (Å²) in [6, 6.07) is 11.1. The molecule has 1 atom stereocenters. The number of rotatable bonds is 6. The molecule has 0 aliphatic heterocycles. The van der Waals surface area contributed by atoms with Gasteiger partial charge in [-0.15, -0.1) is 0 Å². The van der Waals surface area contributed by atoms with Gasteiger partial charge in [-0.05, 0) is 38.1 Å². The molecule has 3 aromatic rings. The quantitative estimate of drug-likeness (QED) is 0.745. The summed E-state index contributed by atoms with van der Waals surface area (Å²) in [6.07, 6.45) is 4.36. The van der Waals surface area contributed by atoms with Crippen molar-refractivity contribution in [3.8, 4) is 11.6 Å². The molecule has 3 rings (SSSR count). The molecule has 2 heterocycles. The van der Waals surface area contributed by atoms with Crippen LogP contribution < -0.4 is 10.1 Å². The molecule has 0 bridgehead atoms. The first-order chi connectivity index (χ1) is 12.1. The first-order valence-electron chi connectivity index (χ1n) is 7.94. The van der Waals surface area contributed by atoms with E-state index in [-0.39, 0.29) is 12.0 Å². The summed E-state index contributed by atoms with van der Waals surface area (Å²) >= 11 is 0. The highest BCUT2D eigenvalue weighted by atomic mass is 16.5. The normalized spacial score (nSPS) is 11.8. The van der Waals surface area contributed by atoms with Crippen molar-refractivity contribution in [2.45, 2.75) is 20.0 Å². The topological polar surface area (TPSA) is 81.9 Å². The number of amides is 1. The second kappa shape index (κ2) is 7.57. The van der Waals surface area contributed by atoms with Crippen LogP contribution in [0, 0.1) is 6.92 Å². The summed E-state index contributed by atoms with van der Waals surface area (Å²) in [6.45, 7) is 4.33. The molecule has 0 spiro atoms. The van der Waals surface area contributed by atoms with Crippen LogP contribution in [0.15, 0.2) is 55.2 Å². The van der Waals surface area contributed by atoms with E-state index in [1.807, 2.05) is 38.1 Å². The van der Waals surface area contributed by atoms with Crippen molar-refractivity contribution in [3.63, 3.8) is 0 Å². The number of hydrogen-bond acceptors (Lipinski definition) is 5. The molecule has 0 saturated heterocycles. The van der Waals surface area contributed by atoms with Gasteiger partial charge in [0, 0.05) is 11.8 Å². The minimum atomic E-state index is -0.192. The Hall–Kier alpha value is -3.22. The molecular formula is C18H19N5O2. The Labute approximate surface area is 145 Å². The maximum atomic E-state index is 12.3. The minimum Gasteiger partial charge on any atom is -0.489 e. The Kier molecular flexibility index (Phi) is 5.03. The van der Waals surface area contributed by atoms with Gasteiger partial charge in [-0.2, -0.15) is 5.10 Å². The Balaban J connectivity index is 1.57. The summed E-state index contributed by atoms with van der Waals surface area (Å²) < 4.78 is 7.29. The van der Waals surface area contributed by atoms with Crippen LogP contribution in [0.25, 0.3) is 5.82 Å². The molecule has 0 radical (unpaired) electrons. The number of carbonyl (C=O) groups is 1. The summed E-state index contributed by atoms with van der Waals surface area (Å²) in [4.78, 5) is 20.4. The van der Waals surface area contributed by atoms with E-state index in [0.29, 0.717) is 17.9 Å². The minimum absolute atomic E-state index is 0.150. The SMILES string of the molecule is Cc1ccc(OC(C)CNC(=O)c2ccnc(-n3cncn3)c2)cc1. The Morgan fingerprint density at radius 1 is 1.28 bits per heavy atom. The van der Waals surface area contributed by atoms with Gasteiger partial charge in [0.15, 0.2) is 5.82 Å². The molecule has 0 aliphatic rings. The van der Waals surface area contributed by atoms with Gasteiger partial charge in [0.05, 0.1) is 6.54 Å². The van der Waals surface area contributed by atoms with Crippen LogP contribution >= 0.6 is 0 Å². The summed E-state index contributed by atoms with van der Waals surface area (Å²) in [7, 11) is 0. The Morgan fingerprint density at radius 2 is 2.08 bits per heavy atom. The second-order valence-electron chi connectivity index (χ2n) is 5.69. The molecule has 0 fully saturated rings. The summed E-state index contributed by atoms with van der Waals surface area (Å²) in [5, 5.41) is 6.87. The zero-order chi connectivity index (χ0) is 17.6. The molecule has 1 unspecified atom stereocenters. The molecule has 2 aromatic heterocycles. The first kappa shape index (κ1) is 16.6. The molecule has 0 aliphatic carbocycles. The predicted molar refractivity (Wildman–Crippen MR) is 92.8 cm³/mol. The molecule has 7 nitrogen and oxygen atoms in total. The van der Waals surface area contributed by atoms with Gasteiger partial charge in [-0.3, -0.25) is 4.79 Å². The van der Waals surface area contributed by atoms with E-state index in [0.717, 1.165) is 5.75 Å². The fourth-order valence-electron chi connectivity index (χ4n) is 2.24. The molecule has 1 amide bonds. The maximum absolute atomic E-state index is 12.3. The highest BCUT2D eigenvalue weighted by Gasteiger charge is 2.11. The van der Waals surface area contributed by atoms with Gasteiger partial charge in [-0.25, -0.2) is 14.6 Å². The zero-order valence-electron chi connectivity index (χ0n) is 14.1. The lowest BCUT2D eigenvalue weighted by atomic mass is 10.2. The van der Waals surface area contributed by atoms with Crippen LogP contribution in [0.3, 0.4) is 0 Å². The van der Waals surface area contributed by atoms with E-state index < -0.39 is 0 Å². The van der Waals surface area contributed by atoms with Crippen molar-refractivity contribution in [3.05, 3.63) is 66.4 Å². The molecule has 128 valence electrons. The van der Waals surface area contributed by atoms with Crippen molar-refractivity contribution >= 4 is 5.91 Å². The Bertz CT molecular complexity index is 831. The molecule has 1 N–H and O–H groups in total. The molecular weight excluding hydrogens is 318 g/mol. The van der Waals surface area contributed by atoms with E-state index in [9.17, 15) is 4.79 Å². The first-order valence-corrected chi connectivity index (χ1v) is 7.94. The van der Waals surface area contributed by atoms with Crippen LogP contribution in [-0.4, -0.2) is 38.3 Å². The van der Waals surface area contributed by atoms with Crippen molar-refractivity contribution in [2.75, 3.05) is 6.54 Å². The van der Waals surface area contributed by atoms with Crippen LogP contribution in [0.1, 0.15) is 22.8 Å². The van der Waals surface area contributed by atoms with Crippen molar-refractivity contribution < 1.29 is 9.53 Å². The number of nitrogens with one attached hydrogen (secondary N) is 1. The second-order valence-corrected chi connectivity index (χ2v) is 5.69. The van der Waals surface area contributed by atoms with E-state index >= 15 is 0 Å². The number of hydrogen-bond donors (Lipinski definition) is 1. The van der Waals surface area contributed by atoms with Crippen molar-refractivity contribution in [1.82, 2.24) is 25.1 Å². The smallest absolute Gasteiger partial charge is 0.251 e.